The Morgan fingerprint density at radius 2 is 2.00 bits per heavy atom. The SMILES string of the molecule is CC[C@H](C)[C@@H]1NC(=O)CN(Cc2ccccc2)C1=O. The molecule has 0 saturated carbocycles. The summed E-state index contributed by atoms with van der Waals surface area (Å²) in [5, 5.41) is 2.80. The van der Waals surface area contributed by atoms with E-state index in [9.17, 15) is 9.59 Å². The van der Waals surface area contributed by atoms with Crippen molar-refractivity contribution in [2.24, 2.45) is 5.92 Å². The molecule has 0 aliphatic carbocycles. The molecule has 1 aromatic carbocycles. The molecular weight excluding hydrogens is 240 g/mol. The number of piperazine rings is 1. The van der Waals surface area contributed by atoms with Crippen LogP contribution >= 0.6 is 0 Å². The van der Waals surface area contributed by atoms with Gasteiger partial charge in [-0.25, -0.2) is 0 Å². The number of nitrogens with one attached hydrogen (secondary N) is 1. The van der Waals surface area contributed by atoms with Gasteiger partial charge in [-0.05, 0) is 11.5 Å². The third-order valence-corrected chi connectivity index (χ3v) is 3.66. The molecule has 4 nitrogen and oxygen atoms in total. The van der Waals surface area contributed by atoms with E-state index in [2.05, 4.69) is 5.32 Å². The summed E-state index contributed by atoms with van der Waals surface area (Å²) < 4.78 is 0. The number of rotatable bonds is 4. The van der Waals surface area contributed by atoms with Crippen molar-refractivity contribution < 1.29 is 9.59 Å². The minimum atomic E-state index is -0.380. The van der Waals surface area contributed by atoms with E-state index < -0.39 is 0 Å². The highest BCUT2D eigenvalue weighted by Crippen LogP contribution is 2.16. The Morgan fingerprint density at radius 3 is 2.63 bits per heavy atom. The highest BCUT2D eigenvalue weighted by Gasteiger charge is 2.35. The Bertz CT molecular complexity index is 458. The van der Waals surface area contributed by atoms with Crippen LogP contribution in [0.5, 0.6) is 0 Å². The van der Waals surface area contributed by atoms with E-state index in [4.69, 9.17) is 0 Å². The van der Waals surface area contributed by atoms with Crippen LogP contribution in [0.2, 0.25) is 0 Å². The Hall–Kier alpha value is -1.84. The van der Waals surface area contributed by atoms with Crippen molar-refractivity contribution in [3.8, 4) is 0 Å². The lowest BCUT2D eigenvalue weighted by Gasteiger charge is -2.35. The second-order valence-corrected chi connectivity index (χ2v) is 5.11. The number of nitrogens with zero attached hydrogens (tertiary/aromatic N) is 1. The molecule has 2 atom stereocenters. The van der Waals surface area contributed by atoms with Crippen molar-refractivity contribution in [3.05, 3.63) is 35.9 Å². The topological polar surface area (TPSA) is 49.4 Å². The van der Waals surface area contributed by atoms with Gasteiger partial charge >= 0.3 is 0 Å². The smallest absolute Gasteiger partial charge is 0.246 e. The molecule has 0 bridgehead atoms. The quantitative estimate of drug-likeness (QED) is 0.893. The molecule has 1 saturated heterocycles. The molecule has 0 aromatic heterocycles. The van der Waals surface area contributed by atoms with Gasteiger partial charge in [-0.15, -0.1) is 0 Å². The third-order valence-electron chi connectivity index (χ3n) is 3.66. The summed E-state index contributed by atoms with van der Waals surface area (Å²) in [6.45, 7) is 4.68. The van der Waals surface area contributed by atoms with Gasteiger partial charge in [-0.2, -0.15) is 0 Å². The lowest BCUT2D eigenvalue weighted by molar-refractivity contribution is -0.146. The van der Waals surface area contributed by atoms with Crippen molar-refractivity contribution in [1.82, 2.24) is 10.2 Å². The van der Waals surface area contributed by atoms with Crippen LogP contribution in [0.25, 0.3) is 0 Å². The Morgan fingerprint density at radius 1 is 1.32 bits per heavy atom. The van der Waals surface area contributed by atoms with Crippen molar-refractivity contribution in [2.45, 2.75) is 32.9 Å². The summed E-state index contributed by atoms with van der Waals surface area (Å²) in [4.78, 5) is 25.8. The molecule has 1 aliphatic heterocycles. The molecular formula is C15H20N2O2. The lowest BCUT2D eigenvalue weighted by atomic mass is 9.96. The van der Waals surface area contributed by atoms with E-state index in [1.54, 1.807) is 4.90 Å². The van der Waals surface area contributed by atoms with Gasteiger partial charge in [0.25, 0.3) is 0 Å². The predicted molar refractivity (Wildman–Crippen MR) is 73.2 cm³/mol. The second-order valence-electron chi connectivity index (χ2n) is 5.11. The molecule has 102 valence electrons. The molecule has 1 aromatic rings. The van der Waals surface area contributed by atoms with E-state index >= 15 is 0 Å². The number of hydrogen-bond donors (Lipinski definition) is 1. The van der Waals surface area contributed by atoms with Crippen LogP contribution < -0.4 is 5.32 Å². The second kappa shape index (κ2) is 5.87. The van der Waals surface area contributed by atoms with Gasteiger partial charge < -0.3 is 10.2 Å². The Kier molecular flexibility index (Phi) is 4.20. The fourth-order valence-electron chi connectivity index (χ4n) is 2.29. The molecule has 1 fully saturated rings. The number of hydrogen-bond acceptors (Lipinski definition) is 2. The molecule has 1 N–H and O–H groups in total. The number of amides is 2. The van der Waals surface area contributed by atoms with Gasteiger partial charge in [0.15, 0.2) is 0 Å². The minimum absolute atomic E-state index is 0.0257. The number of carbonyl (C=O) groups is 2. The first-order chi connectivity index (χ1) is 9.11. The molecule has 0 spiro atoms. The van der Waals surface area contributed by atoms with Crippen LogP contribution in [0, 0.1) is 5.92 Å². The van der Waals surface area contributed by atoms with Crippen LogP contribution in [0.15, 0.2) is 30.3 Å². The summed E-state index contributed by atoms with van der Waals surface area (Å²) in [7, 11) is 0. The maximum atomic E-state index is 12.4. The van der Waals surface area contributed by atoms with Crippen molar-refractivity contribution in [2.75, 3.05) is 6.54 Å². The molecule has 2 amide bonds. The zero-order valence-electron chi connectivity index (χ0n) is 11.4. The van der Waals surface area contributed by atoms with Crippen LogP contribution in [-0.4, -0.2) is 29.3 Å². The maximum Gasteiger partial charge on any atom is 0.246 e. The van der Waals surface area contributed by atoms with Gasteiger partial charge in [0.05, 0.1) is 6.54 Å². The lowest BCUT2D eigenvalue weighted by Crippen LogP contribution is -2.59. The number of benzene rings is 1. The number of carbonyl (C=O) groups excluding carboxylic acids is 2. The zero-order valence-corrected chi connectivity index (χ0v) is 11.4. The molecule has 19 heavy (non-hydrogen) atoms. The third kappa shape index (κ3) is 3.13. The zero-order chi connectivity index (χ0) is 13.8. The summed E-state index contributed by atoms with van der Waals surface area (Å²) in [6, 6.07) is 9.38. The van der Waals surface area contributed by atoms with E-state index in [1.165, 1.54) is 0 Å². The van der Waals surface area contributed by atoms with Gasteiger partial charge in [0.2, 0.25) is 11.8 Å². The molecule has 2 rings (SSSR count). The van der Waals surface area contributed by atoms with Crippen molar-refractivity contribution >= 4 is 11.8 Å². The van der Waals surface area contributed by atoms with Crippen LogP contribution in [0.3, 0.4) is 0 Å². The first-order valence-electron chi connectivity index (χ1n) is 6.74. The van der Waals surface area contributed by atoms with Crippen molar-refractivity contribution in [3.63, 3.8) is 0 Å². The monoisotopic (exact) mass is 260 g/mol. The first kappa shape index (κ1) is 13.6. The van der Waals surface area contributed by atoms with Crippen LogP contribution in [-0.2, 0) is 16.1 Å². The summed E-state index contributed by atoms with van der Waals surface area (Å²) >= 11 is 0. The summed E-state index contributed by atoms with van der Waals surface area (Å²) in [6.07, 6.45) is 0.871. The normalized spacial score (nSPS) is 21.2. The molecule has 1 heterocycles. The molecule has 1 aliphatic rings. The fraction of sp³-hybridized carbons (Fsp3) is 0.467. The van der Waals surface area contributed by atoms with Gasteiger partial charge in [-0.3, -0.25) is 9.59 Å². The van der Waals surface area contributed by atoms with Gasteiger partial charge in [0.1, 0.15) is 6.04 Å². The molecule has 4 heteroatoms. The Labute approximate surface area is 113 Å². The minimum Gasteiger partial charge on any atom is -0.342 e. The van der Waals surface area contributed by atoms with E-state index in [1.807, 2.05) is 44.2 Å². The van der Waals surface area contributed by atoms with E-state index in [0.29, 0.717) is 6.54 Å². The average molecular weight is 260 g/mol. The van der Waals surface area contributed by atoms with Gasteiger partial charge in [0, 0.05) is 6.54 Å². The van der Waals surface area contributed by atoms with E-state index in [0.717, 1.165) is 12.0 Å². The largest absolute Gasteiger partial charge is 0.342 e. The highest BCUT2D eigenvalue weighted by molar-refractivity contribution is 5.94. The predicted octanol–water partition coefficient (Wildman–Crippen LogP) is 1.56. The van der Waals surface area contributed by atoms with Crippen LogP contribution in [0.4, 0.5) is 0 Å². The summed E-state index contributed by atoms with van der Waals surface area (Å²) in [5.41, 5.74) is 1.05. The average Bonchev–Trinajstić information content (AvgIpc) is 2.42. The fourth-order valence-corrected chi connectivity index (χ4v) is 2.29. The summed E-state index contributed by atoms with van der Waals surface area (Å²) in [5.74, 6) is 0.119. The maximum absolute atomic E-state index is 12.4. The Balaban J connectivity index is 2.11. The van der Waals surface area contributed by atoms with Gasteiger partial charge in [-0.1, -0.05) is 50.6 Å². The van der Waals surface area contributed by atoms with E-state index in [-0.39, 0.29) is 30.3 Å². The molecule has 0 unspecified atom stereocenters. The standard InChI is InChI=1S/C15H20N2O2/c1-3-11(2)14-15(19)17(10-13(18)16-14)9-12-7-5-4-6-8-12/h4-8,11,14H,3,9-10H2,1-2H3,(H,16,18)/t11-,14-/m0/s1. The molecule has 0 radical (unpaired) electrons. The first-order valence-corrected chi connectivity index (χ1v) is 6.74. The van der Waals surface area contributed by atoms with Crippen molar-refractivity contribution in [1.29, 1.82) is 0 Å². The highest BCUT2D eigenvalue weighted by atomic mass is 16.2. The van der Waals surface area contributed by atoms with Crippen LogP contribution in [0.1, 0.15) is 25.8 Å².